The van der Waals surface area contributed by atoms with E-state index in [9.17, 15) is 14.4 Å². The van der Waals surface area contributed by atoms with Gasteiger partial charge in [-0.1, -0.05) is 12.8 Å². The fraction of sp³-hybridized carbons (Fsp3) is 0.550. The molecule has 27 heavy (non-hydrogen) atoms. The zero-order valence-corrected chi connectivity index (χ0v) is 15.5. The van der Waals surface area contributed by atoms with Crippen molar-refractivity contribution in [2.45, 2.75) is 44.6 Å². The van der Waals surface area contributed by atoms with Crippen molar-refractivity contribution >= 4 is 23.8 Å². The Labute approximate surface area is 159 Å². The number of furan rings is 1. The minimum Gasteiger partial charge on any atom is -0.465 e. The van der Waals surface area contributed by atoms with Gasteiger partial charge in [0.1, 0.15) is 5.76 Å². The summed E-state index contributed by atoms with van der Waals surface area (Å²) in [6.07, 6.45) is 10.5. The van der Waals surface area contributed by atoms with Gasteiger partial charge in [0.2, 0.25) is 5.91 Å². The minimum atomic E-state index is -0.554. The molecular formula is C20H27N3O4. The molecule has 0 spiro atoms. The third-order valence-electron chi connectivity index (χ3n) is 5.31. The largest absolute Gasteiger partial charge is 0.465 e. The predicted octanol–water partition coefficient (Wildman–Crippen LogP) is 1.71. The van der Waals surface area contributed by atoms with Gasteiger partial charge in [0, 0.05) is 31.8 Å². The summed E-state index contributed by atoms with van der Waals surface area (Å²) in [6, 6.07) is 3.71. The Morgan fingerprint density at radius 2 is 1.85 bits per heavy atom. The summed E-state index contributed by atoms with van der Waals surface area (Å²) >= 11 is 0. The van der Waals surface area contributed by atoms with Crippen molar-refractivity contribution in [3.8, 4) is 0 Å². The number of hydrogen-bond donors (Lipinski definition) is 2. The number of nitrogens with zero attached hydrogens (tertiary/aromatic N) is 1. The Morgan fingerprint density at radius 1 is 1.11 bits per heavy atom. The molecule has 3 rings (SSSR count). The molecule has 0 unspecified atom stereocenters. The highest BCUT2D eigenvalue weighted by atomic mass is 16.3. The van der Waals surface area contributed by atoms with Crippen LogP contribution in [-0.2, 0) is 14.4 Å². The molecule has 1 aliphatic carbocycles. The van der Waals surface area contributed by atoms with Crippen LogP contribution in [0.1, 0.15) is 44.3 Å². The van der Waals surface area contributed by atoms with E-state index >= 15 is 0 Å². The highest BCUT2D eigenvalue weighted by Crippen LogP contribution is 2.18. The lowest BCUT2D eigenvalue weighted by molar-refractivity contribution is -0.139. The molecule has 3 amide bonds. The molecule has 7 nitrogen and oxygen atoms in total. The van der Waals surface area contributed by atoms with E-state index in [2.05, 4.69) is 10.6 Å². The molecule has 0 atom stereocenters. The third-order valence-corrected chi connectivity index (χ3v) is 5.31. The molecule has 0 radical (unpaired) electrons. The summed E-state index contributed by atoms with van der Waals surface area (Å²) in [5.74, 6) is -0.188. The highest BCUT2D eigenvalue weighted by molar-refractivity contribution is 6.35. The van der Waals surface area contributed by atoms with Crippen LogP contribution in [0.15, 0.2) is 28.9 Å². The van der Waals surface area contributed by atoms with Crippen LogP contribution in [0.4, 0.5) is 0 Å². The van der Waals surface area contributed by atoms with Gasteiger partial charge in [-0.3, -0.25) is 14.4 Å². The molecule has 146 valence electrons. The van der Waals surface area contributed by atoms with E-state index in [0.29, 0.717) is 25.4 Å². The second-order valence-corrected chi connectivity index (χ2v) is 7.28. The van der Waals surface area contributed by atoms with Crippen LogP contribution in [0.3, 0.4) is 0 Å². The first kappa shape index (κ1) is 19.2. The molecule has 1 saturated heterocycles. The molecule has 2 aliphatic rings. The molecule has 0 aromatic carbocycles. The predicted molar refractivity (Wildman–Crippen MR) is 100 cm³/mol. The summed E-state index contributed by atoms with van der Waals surface area (Å²) < 4.78 is 5.17. The number of amides is 3. The second kappa shape index (κ2) is 9.39. The topological polar surface area (TPSA) is 91.7 Å². The van der Waals surface area contributed by atoms with Gasteiger partial charge in [-0.2, -0.15) is 0 Å². The number of rotatable bonds is 5. The fourth-order valence-electron chi connectivity index (χ4n) is 3.64. The van der Waals surface area contributed by atoms with Gasteiger partial charge in [0.15, 0.2) is 0 Å². The van der Waals surface area contributed by atoms with Gasteiger partial charge in [-0.15, -0.1) is 0 Å². The molecule has 1 saturated carbocycles. The van der Waals surface area contributed by atoms with Gasteiger partial charge in [-0.25, -0.2) is 0 Å². The molecule has 1 aromatic rings. The van der Waals surface area contributed by atoms with Crippen LogP contribution in [0, 0.1) is 5.92 Å². The van der Waals surface area contributed by atoms with E-state index in [0.717, 1.165) is 38.5 Å². The Balaban J connectivity index is 1.34. The Hall–Kier alpha value is -2.57. The van der Waals surface area contributed by atoms with Crippen molar-refractivity contribution in [3.05, 3.63) is 30.2 Å². The Morgan fingerprint density at radius 3 is 2.52 bits per heavy atom. The lowest BCUT2D eigenvalue weighted by Gasteiger charge is -2.31. The summed E-state index contributed by atoms with van der Waals surface area (Å²) in [7, 11) is 0. The molecule has 7 heteroatoms. The van der Waals surface area contributed by atoms with Crippen molar-refractivity contribution in [1.29, 1.82) is 0 Å². The van der Waals surface area contributed by atoms with E-state index < -0.39 is 11.8 Å². The van der Waals surface area contributed by atoms with E-state index in [1.54, 1.807) is 29.4 Å². The standard InChI is InChI=1S/C20H27N3O4/c24-18(8-7-17-6-3-13-27-17)23-11-9-15(10-12-23)14-21-19(25)20(26)22-16-4-1-2-5-16/h3,6-8,13,15-16H,1-2,4-5,9-12,14H2,(H,21,25)(H,22,26)/b8-7+. The van der Waals surface area contributed by atoms with Gasteiger partial charge >= 0.3 is 11.8 Å². The number of carbonyl (C=O) groups excluding carboxylic acids is 3. The van der Waals surface area contributed by atoms with Crippen molar-refractivity contribution in [3.63, 3.8) is 0 Å². The molecular weight excluding hydrogens is 346 g/mol. The number of carbonyl (C=O) groups is 3. The number of hydrogen-bond acceptors (Lipinski definition) is 4. The zero-order valence-electron chi connectivity index (χ0n) is 15.5. The van der Waals surface area contributed by atoms with E-state index in [1.807, 2.05) is 0 Å². The quantitative estimate of drug-likeness (QED) is 0.607. The maximum atomic E-state index is 12.2. The molecule has 2 heterocycles. The molecule has 1 aliphatic heterocycles. The van der Waals surface area contributed by atoms with Crippen LogP contribution in [-0.4, -0.2) is 48.3 Å². The summed E-state index contributed by atoms with van der Waals surface area (Å²) in [5, 5.41) is 5.53. The van der Waals surface area contributed by atoms with Crippen molar-refractivity contribution in [1.82, 2.24) is 15.5 Å². The van der Waals surface area contributed by atoms with E-state index in [4.69, 9.17) is 4.42 Å². The maximum Gasteiger partial charge on any atom is 0.309 e. The number of nitrogens with one attached hydrogen (secondary N) is 2. The highest BCUT2D eigenvalue weighted by Gasteiger charge is 2.24. The molecule has 0 bridgehead atoms. The Bertz CT molecular complexity index is 669. The lowest BCUT2D eigenvalue weighted by Crippen LogP contribution is -2.46. The minimum absolute atomic E-state index is 0.0372. The first-order valence-electron chi connectivity index (χ1n) is 9.71. The average molecular weight is 373 g/mol. The monoisotopic (exact) mass is 373 g/mol. The maximum absolute atomic E-state index is 12.2. The molecule has 2 N–H and O–H groups in total. The molecule has 2 fully saturated rings. The second-order valence-electron chi connectivity index (χ2n) is 7.28. The first-order chi connectivity index (χ1) is 13.1. The van der Waals surface area contributed by atoms with Crippen LogP contribution in [0.2, 0.25) is 0 Å². The number of likely N-dealkylation sites (tertiary alicyclic amines) is 1. The van der Waals surface area contributed by atoms with Crippen molar-refractivity contribution in [2.75, 3.05) is 19.6 Å². The van der Waals surface area contributed by atoms with Gasteiger partial charge in [0.25, 0.3) is 0 Å². The van der Waals surface area contributed by atoms with Gasteiger partial charge in [0.05, 0.1) is 6.26 Å². The molecule has 1 aromatic heterocycles. The fourth-order valence-corrected chi connectivity index (χ4v) is 3.64. The first-order valence-corrected chi connectivity index (χ1v) is 9.71. The van der Waals surface area contributed by atoms with E-state index in [-0.39, 0.29) is 17.9 Å². The van der Waals surface area contributed by atoms with Gasteiger partial charge in [-0.05, 0) is 49.8 Å². The van der Waals surface area contributed by atoms with E-state index in [1.165, 1.54) is 6.08 Å². The smallest absolute Gasteiger partial charge is 0.309 e. The normalized spacial score (nSPS) is 18.7. The lowest BCUT2D eigenvalue weighted by atomic mass is 9.96. The van der Waals surface area contributed by atoms with Gasteiger partial charge < -0.3 is 20.0 Å². The summed E-state index contributed by atoms with van der Waals surface area (Å²) in [5.41, 5.74) is 0. The van der Waals surface area contributed by atoms with Crippen LogP contribution in [0.25, 0.3) is 6.08 Å². The zero-order chi connectivity index (χ0) is 19.1. The average Bonchev–Trinajstić information content (AvgIpc) is 3.38. The van der Waals surface area contributed by atoms with Crippen LogP contribution >= 0.6 is 0 Å². The van der Waals surface area contributed by atoms with Crippen molar-refractivity contribution in [2.24, 2.45) is 5.92 Å². The van der Waals surface area contributed by atoms with Crippen molar-refractivity contribution < 1.29 is 18.8 Å². The SMILES string of the molecule is O=C(NCC1CCN(C(=O)/C=C/c2ccco2)CC1)C(=O)NC1CCCC1. The third kappa shape index (κ3) is 5.70. The summed E-state index contributed by atoms with van der Waals surface area (Å²) in [6.45, 7) is 1.77. The van der Waals surface area contributed by atoms with Crippen LogP contribution in [0.5, 0.6) is 0 Å². The summed E-state index contributed by atoms with van der Waals surface area (Å²) in [4.78, 5) is 37.8. The Kier molecular flexibility index (Phi) is 6.68. The number of piperidine rings is 1. The van der Waals surface area contributed by atoms with Crippen LogP contribution < -0.4 is 10.6 Å².